The van der Waals surface area contributed by atoms with E-state index in [9.17, 15) is 0 Å². The molecular formula is C20H26BrN. The van der Waals surface area contributed by atoms with E-state index in [0.717, 1.165) is 10.1 Å². The van der Waals surface area contributed by atoms with Gasteiger partial charge in [0.15, 0.2) is 0 Å². The Morgan fingerprint density at radius 1 is 1.27 bits per heavy atom. The minimum absolute atomic E-state index is 0.279. The second-order valence-corrected chi connectivity index (χ2v) is 7.50. The predicted octanol–water partition coefficient (Wildman–Crippen LogP) is 6.76. The summed E-state index contributed by atoms with van der Waals surface area (Å²) in [6.07, 6.45) is 13.8. The summed E-state index contributed by atoms with van der Waals surface area (Å²) in [4.78, 5) is 0. The normalized spacial score (nSPS) is 20.5. The van der Waals surface area contributed by atoms with Crippen molar-refractivity contribution in [3.05, 3.63) is 57.2 Å². The Morgan fingerprint density at radius 2 is 1.95 bits per heavy atom. The van der Waals surface area contributed by atoms with E-state index in [1.165, 1.54) is 42.1 Å². The zero-order chi connectivity index (χ0) is 16.8. The summed E-state index contributed by atoms with van der Waals surface area (Å²) in [5.41, 5.74) is 5.41. The first-order valence-electron chi connectivity index (χ1n) is 7.77. The van der Waals surface area contributed by atoms with Crippen molar-refractivity contribution < 1.29 is 0 Å². The third-order valence-corrected chi connectivity index (χ3v) is 5.10. The fourth-order valence-electron chi connectivity index (χ4n) is 2.78. The Bertz CT molecular complexity index is 604. The van der Waals surface area contributed by atoms with E-state index in [-0.39, 0.29) is 5.41 Å². The molecule has 1 nitrogen and oxygen atoms in total. The highest BCUT2D eigenvalue weighted by molar-refractivity contribution is 9.12. The van der Waals surface area contributed by atoms with Crippen LogP contribution in [-0.4, -0.2) is 0 Å². The van der Waals surface area contributed by atoms with Crippen LogP contribution in [-0.2, 0) is 0 Å². The summed E-state index contributed by atoms with van der Waals surface area (Å²) in [6.45, 7) is 10.9. The molecule has 1 aliphatic carbocycles. The van der Waals surface area contributed by atoms with Crippen molar-refractivity contribution in [1.82, 2.24) is 0 Å². The molecule has 2 heteroatoms. The Balaban J connectivity index is 2.90. The fourth-order valence-corrected chi connectivity index (χ4v) is 3.03. The molecule has 0 aromatic rings. The molecule has 0 saturated carbocycles. The molecule has 0 N–H and O–H groups in total. The van der Waals surface area contributed by atoms with E-state index < -0.39 is 0 Å². The number of halogens is 1. The van der Waals surface area contributed by atoms with Gasteiger partial charge in [0.25, 0.3) is 0 Å². The first-order chi connectivity index (χ1) is 10.3. The summed E-state index contributed by atoms with van der Waals surface area (Å²) in [7, 11) is 0. The number of rotatable bonds is 4. The van der Waals surface area contributed by atoms with Gasteiger partial charge in [-0.1, -0.05) is 59.2 Å². The minimum atomic E-state index is 0.279. The average Bonchev–Trinajstić information content (AvgIpc) is 2.43. The third-order valence-electron chi connectivity index (χ3n) is 4.21. The first-order valence-corrected chi connectivity index (χ1v) is 8.56. The molecule has 0 aliphatic heterocycles. The molecular weight excluding hydrogens is 334 g/mol. The Hall–Kier alpha value is -1.33. The number of hydrogen-bond donors (Lipinski definition) is 0. The van der Waals surface area contributed by atoms with Gasteiger partial charge < -0.3 is 0 Å². The van der Waals surface area contributed by atoms with Crippen LogP contribution in [0, 0.1) is 16.7 Å². The lowest BCUT2D eigenvalue weighted by Gasteiger charge is -2.32. The topological polar surface area (TPSA) is 23.8 Å². The van der Waals surface area contributed by atoms with Crippen LogP contribution in [0.15, 0.2) is 57.2 Å². The Kier molecular flexibility index (Phi) is 7.10. The van der Waals surface area contributed by atoms with Crippen LogP contribution >= 0.6 is 15.9 Å². The van der Waals surface area contributed by atoms with Crippen molar-refractivity contribution in [2.45, 2.75) is 53.9 Å². The van der Waals surface area contributed by atoms with Gasteiger partial charge in [0, 0.05) is 10.6 Å². The van der Waals surface area contributed by atoms with Crippen molar-refractivity contribution in [3.8, 4) is 6.07 Å². The van der Waals surface area contributed by atoms with Gasteiger partial charge in [-0.2, -0.15) is 5.26 Å². The van der Waals surface area contributed by atoms with E-state index in [1.54, 1.807) is 0 Å². The van der Waals surface area contributed by atoms with Gasteiger partial charge >= 0.3 is 0 Å². The summed E-state index contributed by atoms with van der Waals surface area (Å²) >= 11 is 3.49. The molecule has 1 aliphatic rings. The SMILES string of the molecule is CC1=C(/C=C/C(C)=C/C=C(Br)\C(C)=C\C#N)C(C)(C)CCC1. The molecule has 0 radical (unpaired) electrons. The molecule has 0 saturated heterocycles. The lowest BCUT2D eigenvalue weighted by Crippen LogP contribution is -2.19. The quantitative estimate of drug-likeness (QED) is 0.401. The number of allylic oxidation sites excluding steroid dienone is 10. The number of nitrogens with zero attached hydrogens (tertiary/aromatic N) is 1. The summed E-state index contributed by atoms with van der Waals surface area (Å²) in [5.74, 6) is 0. The molecule has 22 heavy (non-hydrogen) atoms. The van der Waals surface area contributed by atoms with E-state index in [0.29, 0.717) is 0 Å². The molecule has 0 unspecified atom stereocenters. The monoisotopic (exact) mass is 359 g/mol. The van der Waals surface area contributed by atoms with Crippen LogP contribution in [0.3, 0.4) is 0 Å². The highest BCUT2D eigenvalue weighted by Gasteiger charge is 2.26. The molecule has 0 aromatic heterocycles. The zero-order valence-corrected chi connectivity index (χ0v) is 15.9. The van der Waals surface area contributed by atoms with Crippen LogP contribution in [0.1, 0.15) is 53.9 Å². The van der Waals surface area contributed by atoms with Gasteiger partial charge in [-0.3, -0.25) is 0 Å². The van der Waals surface area contributed by atoms with E-state index in [1.807, 2.05) is 19.1 Å². The van der Waals surface area contributed by atoms with Crippen molar-refractivity contribution in [2.75, 3.05) is 0 Å². The molecule has 0 atom stereocenters. The Labute approximate surface area is 143 Å². The molecule has 0 amide bonds. The van der Waals surface area contributed by atoms with E-state index in [4.69, 9.17) is 5.26 Å². The van der Waals surface area contributed by atoms with Gasteiger partial charge in [0.05, 0.1) is 6.07 Å². The molecule has 0 heterocycles. The molecule has 0 bridgehead atoms. The standard InChI is InChI=1S/C20H26BrN/c1-15(9-11-19(21)17(3)12-14-22)8-10-18-16(2)7-6-13-20(18,4)5/h8-12H,6-7,13H2,1-5H3/b10-8+,15-9+,17-12+,19-11+. The van der Waals surface area contributed by atoms with Crippen molar-refractivity contribution in [1.29, 1.82) is 5.26 Å². The van der Waals surface area contributed by atoms with Gasteiger partial charge in [-0.25, -0.2) is 0 Å². The number of nitriles is 1. The second-order valence-electron chi connectivity index (χ2n) is 6.65. The minimum Gasteiger partial charge on any atom is -0.193 e. The van der Waals surface area contributed by atoms with Crippen molar-refractivity contribution in [2.24, 2.45) is 5.41 Å². The highest BCUT2D eigenvalue weighted by atomic mass is 79.9. The molecule has 118 valence electrons. The first kappa shape index (κ1) is 18.7. The third kappa shape index (κ3) is 5.46. The van der Waals surface area contributed by atoms with Gasteiger partial charge in [0.1, 0.15) is 0 Å². The van der Waals surface area contributed by atoms with Crippen LogP contribution in [0.5, 0.6) is 0 Å². The van der Waals surface area contributed by atoms with Crippen LogP contribution in [0.25, 0.3) is 0 Å². The van der Waals surface area contributed by atoms with Crippen LogP contribution < -0.4 is 0 Å². The summed E-state index contributed by atoms with van der Waals surface area (Å²) < 4.78 is 0.940. The maximum absolute atomic E-state index is 8.66. The highest BCUT2D eigenvalue weighted by Crippen LogP contribution is 2.40. The second kappa shape index (κ2) is 8.34. The molecule has 0 spiro atoms. The van der Waals surface area contributed by atoms with Crippen molar-refractivity contribution >= 4 is 15.9 Å². The number of hydrogen-bond acceptors (Lipinski definition) is 1. The van der Waals surface area contributed by atoms with Gasteiger partial charge in [0.2, 0.25) is 0 Å². The largest absolute Gasteiger partial charge is 0.193 e. The summed E-state index contributed by atoms with van der Waals surface area (Å²) in [6, 6.07) is 2.04. The molecule has 0 fully saturated rings. The zero-order valence-electron chi connectivity index (χ0n) is 14.3. The van der Waals surface area contributed by atoms with Gasteiger partial charge in [-0.05, 0) is 62.7 Å². The fraction of sp³-hybridized carbons (Fsp3) is 0.450. The van der Waals surface area contributed by atoms with E-state index in [2.05, 4.69) is 61.9 Å². The summed E-state index contributed by atoms with van der Waals surface area (Å²) in [5, 5.41) is 8.66. The Morgan fingerprint density at radius 3 is 2.55 bits per heavy atom. The smallest absolute Gasteiger partial charge is 0.0915 e. The average molecular weight is 360 g/mol. The van der Waals surface area contributed by atoms with Gasteiger partial charge in [-0.15, -0.1) is 0 Å². The lowest BCUT2D eigenvalue weighted by molar-refractivity contribution is 0.377. The van der Waals surface area contributed by atoms with E-state index >= 15 is 0 Å². The van der Waals surface area contributed by atoms with Crippen LogP contribution in [0.2, 0.25) is 0 Å². The van der Waals surface area contributed by atoms with Crippen molar-refractivity contribution in [3.63, 3.8) is 0 Å². The maximum Gasteiger partial charge on any atom is 0.0915 e. The predicted molar refractivity (Wildman–Crippen MR) is 99.6 cm³/mol. The van der Waals surface area contributed by atoms with Crippen LogP contribution in [0.4, 0.5) is 0 Å². The molecule has 1 rings (SSSR count). The maximum atomic E-state index is 8.66. The molecule has 0 aromatic carbocycles. The lowest BCUT2D eigenvalue weighted by atomic mass is 9.72.